The van der Waals surface area contributed by atoms with E-state index in [4.69, 9.17) is 9.47 Å². The third-order valence-electron chi connectivity index (χ3n) is 2.61. The first-order chi connectivity index (χ1) is 5.42. The number of epoxide rings is 1. The first kappa shape index (κ1) is 7.56. The molecule has 0 bridgehead atoms. The van der Waals surface area contributed by atoms with Gasteiger partial charge in [-0.25, -0.2) is 0 Å². The van der Waals surface area contributed by atoms with Crippen molar-refractivity contribution in [3.05, 3.63) is 0 Å². The first-order valence-corrected chi connectivity index (χ1v) is 4.69. The highest BCUT2D eigenvalue weighted by Gasteiger charge is 2.44. The van der Waals surface area contributed by atoms with Gasteiger partial charge < -0.3 is 9.47 Å². The van der Waals surface area contributed by atoms with Gasteiger partial charge in [0, 0.05) is 6.61 Å². The Morgan fingerprint density at radius 1 is 1.36 bits per heavy atom. The molecule has 0 aliphatic carbocycles. The van der Waals surface area contributed by atoms with Crippen LogP contribution in [-0.4, -0.2) is 24.9 Å². The quantitative estimate of drug-likeness (QED) is 0.568. The molecule has 0 saturated carbocycles. The van der Waals surface area contributed by atoms with Gasteiger partial charge >= 0.3 is 0 Å². The molecule has 3 atom stereocenters. The Labute approximate surface area is 67.9 Å². The standard InChI is InChI=1S/C9H16O2/c1-2-7-9(11-7)8-5-3-4-6-10-8/h7-9H,2-6H2,1H3/t7-,8?,9-/m0/s1. The zero-order valence-corrected chi connectivity index (χ0v) is 7.08. The normalized spacial score (nSPS) is 43.9. The zero-order chi connectivity index (χ0) is 7.68. The Kier molecular flexibility index (Phi) is 2.14. The van der Waals surface area contributed by atoms with E-state index in [1.165, 1.54) is 19.3 Å². The van der Waals surface area contributed by atoms with Gasteiger partial charge in [0.2, 0.25) is 0 Å². The van der Waals surface area contributed by atoms with Gasteiger partial charge in [-0.3, -0.25) is 0 Å². The van der Waals surface area contributed by atoms with E-state index in [2.05, 4.69) is 6.92 Å². The van der Waals surface area contributed by atoms with Crippen LogP contribution in [0.1, 0.15) is 32.6 Å². The highest BCUT2D eigenvalue weighted by Crippen LogP contribution is 2.33. The maximum Gasteiger partial charge on any atom is 0.110 e. The summed E-state index contributed by atoms with van der Waals surface area (Å²) in [4.78, 5) is 0. The van der Waals surface area contributed by atoms with Gasteiger partial charge in [-0.2, -0.15) is 0 Å². The van der Waals surface area contributed by atoms with Crippen LogP contribution in [-0.2, 0) is 9.47 Å². The van der Waals surface area contributed by atoms with Crippen LogP contribution in [0, 0.1) is 0 Å². The van der Waals surface area contributed by atoms with Gasteiger partial charge in [-0.05, 0) is 25.7 Å². The average molecular weight is 156 g/mol. The summed E-state index contributed by atoms with van der Waals surface area (Å²) in [6.45, 7) is 3.12. The third-order valence-corrected chi connectivity index (χ3v) is 2.61. The van der Waals surface area contributed by atoms with E-state index in [9.17, 15) is 0 Å². The van der Waals surface area contributed by atoms with Gasteiger partial charge in [-0.1, -0.05) is 6.92 Å². The summed E-state index contributed by atoms with van der Waals surface area (Å²) in [5.41, 5.74) is 0. The van der Waals surface area contributed by atoms with Crippen LogP contribution in [0.3, 0.4) is 0 Å². The SMILES string of the molecule is CC[C@@H]1O[C@@H]1C1CCCCO1. The Balaban J connectivity index is 1.77. The van der Waals surface area contributed by atoms with E-state index < -0.39 is 0 Å². The van der Waals surface area contributed by atoms with Crippen LogP contribution in [0.5, 0.6) is 0 Å². The van der Waals surface area contributed by atoms with Crippen molar-refractivity contribution < 1.29 is 9.47 Å². The molecule has 2 fully saturated rings. The van der Waals surface area contributed by atoms with Gasteiger partial charge in [0.1, 0.15) is 6.10 Å². The summed E-state index contributed by atoms with van der Waals surface area (Å²) in [5.74, 6) is 0. The van der Waals surface area contributed by atoms with Gasteiger partial charge in [0.15, 0.2) is 0 Å². The van der Waals surface area contributed by atoms with Crippen molar-refractivity contribution in [3.8, 4) is 0 Å². The fourth-order valence-corrected chi connectivity index (χ4v) is 1.84. The number of rotatable bonds is 2. The summed E-state index contributed by atoms with van der Waals surface area (Å²) in [7, 11) is 0. The van der Waals surface area contributed by atoms with Crippen molar-refractivity contribution in [2.45, 2.75) is 50.9 Å². The highest BCUT2D eigenvalue weighted by atomic mass is 16.6. The second kappa shape index (κ2) is 3.11. The van der Waals surface area contributed by atoms with E-state index >= 15 is 0 Å². The summed E-state index contributed by atoms with van der Waals surface area (Å²) >= 11 is 0. The van der Waals surface area contributed by atoms with E-state index in [0.717, 1.165) is 13.0 Å². The Morgan fingerprint density at radius 2 is 2.27 bits per heavy atom. The van der Waals surface area contributed by atoms with E-state index in [0.29, 0.717) is 18.3 Å². The van der Waals surface area contributed by atoms with Crippen molar-refractivity contribution in [3.63, 3.8) is 0 Å². The molecule has 0 aromatic rings. The second-order valence-corrected chi connectivity index (χ2v) is 3.45. The van der Waals surface area contributed by atoms with Crippen molar-refractivity contribution >= 4 is 0 Å². The largest absolute Gasteiger partial charge is 0.375 e. The average Bonchev–Trinajstić information content (AvgIpc) is 2.85. The summed E-state index contributed by atoms with van der Waals surface area (Å²) < 4.78 is 11.1. The topological polar surface area (TPSA) is 21.8 Å². The second-order valence-electron chi connectivity index (χ2n) is 3.45. The lowest BCUT2D eigenvalue weighted by molar-refractivity contribution is -0.000641. The van der Waals surface area contributed by atoms with E-state index in [-0.39, 0.29) is 0 Å². The predicted molar refractivity (Wildman–Crippen MR) is 42.5 cm³/mol. The van der Waals surface area contributed by atoms with E-state index in [1.807, 2.05) is 0 Å². The van der Waals surface area contributed by atoms with Crippen molar-refractivity contribution in [2.24, 2.45) is 0 Å². The molecule has 0 amide bonds. The minimum absolute atomic E-state index is 0.425. The molecule has 0 aromatic heterocycles. The summed E-state index contributed by atoms with van der Waals surface area (Å²) in [5, 5.41) is 0. The monoisotopic (exact) mass is 156 g/mol. The maximum atomic E-state index is 5.61. The summed E-state index contributed by atoms with van der Waals surface area (Å²) in [6.07, 6.45) is 6.29. The molecule has 2 nitrogen and oxygen atoms in total. The predicted octanol–water partition coefficient (Wildman–Crippen LogP) is 1.73. The number of hydrogen-bond acceptors (Lipinski definition) is 2. The molecule has 0 N–H and O–H groups in total. The van der Waals surface area contributed by atoms with Crippen LogP contribution in [0.2, 0.25) is 0 Å². The maximum absolute atomic E-state index is 5.61. The van der Waals surface area contributed by atoms with Crippen LogP contribution < -0.4 is 0 Å². The van der Waals surface area contributed by atoms with Crippen LogP contribution in [0.25, 0.3) is 0 Å². The number of hydrogen-bond donors (Lipinski definition) is 0. The van der Waals surface area contributed by atoms with Crippen molar-refractivity contribution in [1.29, 1.82) is 0 Å². The molecule has 2 rings (SSSR count). The van der Waals surface area contributed by atoms with Gasteiger partial charge in [0.05, 0.1) is 12.2 Å². The van der Waals surface area contributed by atoms with Crippen molar-refractivity contribution in [2.75, 3.05) is 6.61 Å². The zero-order valence-electron chi connectivity index (χ0n) is 7.08. The minimum atomic E-state index is 0.425. The molecule has 2 heteroatoms. The summed E-state index contributed by atoms with van der Waals surface area (Å²) in [6, 6.07) is 0. The molecule has 0 aromatic carbocycles. The fourth-order valence-electron chi connectivity index (χ4n) is 1.84. The van der Waals surface area contributed by atoms with Crippen molar-refractivity contribution in [1.82, 2.24) is 0 Å². The van der Waals surface area contributed by atoms with Crippen LogP contribution in [0.15, 0.2) is 0 Å². The highest BCUT2D eigenvalue weighted by molar-refractivity contribution is 4.91. The Hall–Kier alpha value is -0.0800. The lowest BCUT2D eigenvalue weighted by Crippen LogP contribution is -2.25. The molecule has 1 unspecified atom stereocenters. The lowest BCUT2D eigenvalue weighted by atomic mass is 10.0. The molecule has 2 aliphatic rings. The minimum Gasteiger partial charge on any atom is -0.375 e. The Morgan fingerprint density at radius 3 is 2.82 bits per heavy atom. The van der Waals surface area contributed by atoms with Crippen LogP contribution >= 0.6 is 0 Å². The smallest absolute Gasteiger partial charge is 0.110 e. The lowest BCUT2D eigenvalue weighted by Gasteiger charge is -2.20. The molecule has 2 saturated heterocycles. The van der Waals surface area contributed by atoms with Gasteiger partial charge in [0.25, 0.3) is 0 Å². The third kappa shape index (κ3) is 1.57. The van der Waals surface area contributed by atoms with Crippen LogP contribution in [0.4, 0.5) is 0 Å². The fraction of sp³-hybridized carbons (Fsp3) is 1.00. The molecule has 64 valence electrons. The molecule has 2 heterocycles. The molecular formula is C9H16O2. The molecule has 0 spiro atoms. The molecule has 0 radical (unpaired) electrons. The number of ether oxygens (including phenoxy) is 2. The molecule has 11 heavy (non-hydrogen) atoms. The van der Waals surface area contributed by atoms with Gasteiger partial charge in [-0.15, -0.1) is 0 Å². The Bertz CT molecular complexity index is 130. The van der Waals surface area contributed by atoms with E-state index in [1.54, 1.807) is 0 Å². The first-order valence-electron chi connectivity index (χ1n) is 4.69. The molecule has 2 aliphatic heterocycles. The molecular weight excluding hydrogens is 140 g/mol.